The predicted molar refractivity (Wildman–Crippen MR) is 142 cm³/mol. The summed E-state index contributed by atoms with van der Waals surface area (Å²) in [5.41, 5.74) is 3.03. The number of thiazole rings is 1. The molecule has 0 bridgehead atoms. The minimum absolute atomic E-state index is 0.0176. The van der Waals surface area contributed by atoms with Crippen LogP contribution in [0.3, 0.4) is 0 Å². The molecule has 0 atom stereocenters. The van der Waals surface area contributed by atoms with Crippen LogP contribution in [-0.4, -0.2) is 22.5 Å². The number of hydrogen-bond acceptors (Lipinski definition) is 5. The molecule has 0 saturated heterocycles. The zero-order valence-corrected chi connectivity index (χ0v) is 21.0. The van der Waals surface area contributed by atoms with E-state index in [4.69, 9.17) is 17.0 Å². The van der Waals surface area contributed by atoms with Crippen LogP contribution in [0.1, 0.15) is 51.5 Å². The molecule has 0 unspecified atom stereocenters. The summed E-state index contributed by atoms with van der Waals surface area (Å²) in [6.07, 6.45) is 5.18. The lowest BCUT2D eigenvalue weighted by atomic mass is 9.86. The van der Waals surface area contributed by atoms with Crippen LogP contribution < -0.4 is 5.32 Å². The third-order valence-electron chi connectivity index (χ3n) is 5.39. The normalized spacial score (nSPS) is 11.2. The first-order valence-electron chi connectivity index (χ1n) is 11.5. The van der Waals surface area contributed by atoms with Crippen molar-refractivity contribution >= 4 is 39.6 Å². The fourth-order valence-electron chi connectivity index (χ4n) is 3.53. The minimum Gasteiger partial charge on any atom is -0.486 e. The Hall–Kier alpha value is -2.57. The van der Waals surface area contributed by atoms with E-state index in [1.807, 2.05) is 41.8 Å². The van der Waals surface area contributed by atoms with Crippen molar-refractivity contribution in [3.8, 4) is 11.3 Å². The van der Waals surface area contributed by atoms with E-state index in [0.29, 0.717) is 23.2 Å². The van der Waals surface area contributed by atoms with Gasteiger partial charge < -0.3 is 10.1 Å². The highest BCUT2D eigenvalue weighted by molar-refractivity contribution is 7.80. The van der Waals surface area contributed by atoms with Crippen molar-refractivity contribution in [2.24, 2.45) is 5.41 Å². The molecule has 3 aromatic rings. The van der Waals surface area contributed by atoms with Crippen molar-refractivity contribution in [3.05, 3.63) is 71.6 Å². The van der Waals surface area contributed by atoms with E-state index < -0.39 is 0 Å². The molecule has 0 fully saturated rings. The number of benzene rings is 2. The third-order valence-corrected chi connectivity index (χ3v) is 6.82. The van der Waals surface area contributed by atoms with Gasteiger partial charge in [0.1, 0.15) is 0 Å². The summed E-state index contributed by atoms with van der Waals surface area (Å²) in [5, 5.41) is 6.20. The van der Waals surface area contributed by atoms with Gasteiger partial charge in [-0.05, 0) is 37.0 Å². The predicted octanol–water partition coefficient (Wildman–Crippen LogP) is 7.31. The molecular formula is C27H32N2O2S2. The summed E-state index contributed by atoms with van der Waals surface area (Å²) in [6.45, 7) is 4.89. The monoisotopic (exact) mass is 480 g/mol. The second-order valence-corrected chi connectivity index (χ2v) is 10.0. The number of aromatic nitrogens is 1. The van der Waals surface area contributed by atoms with Gasteiger partial charge in [0.2, 0.25) is 5.91 Å². The Balaban J connectivity index is 1.27. The number of hydrogen-bond donors (Lipinski definition) is 1. The summed E-state index contributed by atoms with van der Waals surface area (Å²) in [5.74, 6) is 0.0176. The summed E-state index contributed by atoms with van der Waals surface area (Å²) >= 11 is 7.00. The molecular weight excluding hydrogens is 448 g/mol. The zero-order chi connectivity index (χ0) is 23.5. The smallest absolute Gasteiger partial charge is 0.226 e. The lowest BCUT2D eigenvalue weighted by Crippen LogP contribution is -2.27. The molecule has 0 radical (unpaired) electrons. The van der Waals surface area contributed by atoms with E-state index in [0.717, 1.165) is 43.4 Å². The standard InChI is InChI=1S/C27H32N2O2S2/c1-27(2,19-21-13-7-5-8-14-21)25(32)31-18-12-4-3-11-17-24(30)29-26-28-23(20-33-26)22-15-9-6-10-16-22/h5-10,13-16,20H,3-4,11-12,17-19H2,1-2H3,(H,28,29,30). The average molecular weight is 481 g/mol. The van der Waals surface area contributed by atoms with Crippen molar-refractivity contribution in [2.45, 2.75) is 52.4 Å². The molecule has 4 nitrogen and oxygen atoms in total. The molecule has 1 N–H and O–H groups in total. The fourth-order valence-corrected chi connectivity index (χ4v) is 4.43. The fraction of sp³-hybridized carbons (Fsp3) is 0.370. The minimum atomic E-state index is -0.176. The number of ether oxygens (including phenoxy) is 1. The van der Waals surface area contributed by atoms with Crippen LogP contribution in [0.5, 0.6) is 0 Å². The lowest BCUT2D eigenvalue weighted by molar-refractivity contribution is -0.116. The van der Waals surface area contributed by atoms with E-state index in [1.54, 1.807) is 0 Å². The number of amides is 1. The van der Waals surface area contributed by atoms with E-state index in [9.17, 15) is 4.79 Å². The Morgan fingerprint density at radius 2 is 1.67 bits per heavy atom. The number of rotatable bonds is 12. The van der Waals surface area contributed by atoms with Crippen molar-refractivity contribution in [3.63, 3.8) is 0 Å². The molecule has 1 heterocycles. The van der Waals surface area contributed by atoms with E-state index >= 15 is 0 Å². The number of unbranched alkanes of at least 4 members (excludes halogenated alkanes) is 3. The van der Waals surface area contributed by atoms with E-state index in [1.165, 1.54) is 16.9 Å². The molecule has 0 saturated carbocycles. The maximum atomic E-state index is 12.2. The first-order chi connectivity index (χ1) is 15.9. The Kier molecular flexibility index (Phi) is 9.58. The van der Waals surface area contributed by atoms with Gasteiger partial charge in [-0.1, -0.05) is 87.4 Å². The highest BCUT2D eigenvalue weighted by Gasteiger charge is 2.25. The van der Waals surface area contributed by atoms with Gasteiger partial charge in [-0.2, -0.15) is 0 Å². The van der Waals surface area contributed by atoms with Gasteiger partial charge in [-0.25, -0.2) is 4.98 Å². The summed E-state index contributed by atoms with van der Waals surface area (Å²) in [6, 6.07) is 20.3. The molecule has 0 aliphatic carbocycles. The molecule has 6 heteroatoms. The van der Waals surface area contributed by atoms with Crippen molar-refractivity contribution < 1.29 is 9.53 Å². The van der Waals surface area contributed by atoms with Crippen molar-refractivity contribution in [2.75, 3.05) is 11.9 Å². The maximum Gasteiger partial charge on any atom is 0.226 e. The first kappa shape index (κ1) is 25.1. The molecule has 2 aromatic carbocycles. The van der Waals surface area contributed by atoms with Gasteiger partial charge in [0, 0.05) is 22.8 Å². The molecule has 33 heavy (non-hydrogen) atoms. The maximum absolute atomic E-state index is 12.2. The van der Waals surface area contributed by atoms with Crippen molar-refractivity contribution in [1.29, 1.82) is 0 Å². The van der Waals surface area contributed by atoms with Crippen LogP contribution in [0, 0.1) is 5.41 Å². The zero-order valence-electron chi connectivity index (χ0n) is 19.4. The second kappa shape index (κ2) is 12.6. The summed E-state index contributed by atoms with van der Waals surface area (Å²) < 4.78 is 5.87. The lowest BCUT2D eigenvalue weighted by Gasteiger charge is -2.25. The Morgan fingerprint density at radius 3 is 2.39 bits per heavy atom. The number of thiocarbonyl (C=S) groups is 1. The molecule has 174 valence electrons. The Labute approximate surface area is 206 Å². The third kappa shape index (κ3) is 8.37. The second-order valence-electron chi connectivity index (χ2n) is 8.80. The number of nitrogens with zero attached hydrogens (tertiary/aromatic N) is 1. The Morgan fingerprint density at radius 1 is 1.00 bits per heavy atom. The first-order valence-corrected chi connectivity index (χ1v) is 12.7. The molecule has 3 rings (SSSR count). The molecule has 0 aliphatic heterocycles. The van der Waals surface area contributed by atoms with Crippen LogP contribution in [0.4, 0.5) is 5.13 Å². The quantitative estimate of drug-likeness (QED) is 0.218. The van der Waals surface area contributed by atoms with Gasteiger partial charge in [-0.3, -0.25) is 4.79 Å². The van der Waals surface area contributed by atoms with Gasteiger partial charge >= 0.3 is 0 Å². The molecule has 1 aromatic heterocycles. The van der Waals surface area contributed by atoms with Crippen LogP contribution in [-0.2, 0) is 16.0 Å². The topological polar surface area (TPSA) is 51.2 Å². The van der Waals surface area contributed by atoms with E-state index in [-0.39, 0.29) is 11.3 Å². The Bertz CT molecular complexity index is 1020. The SMILES string of the molecule is CC(C)(Cc1ccccc1)C(=S)OCCCCCCC(=O)Nc1nc(-c2ccccc2)cs1. The van der Waals surface area contributed by atoms with E-state index in [2.05, 4.69) is 48.4 Å². The number of carbonyl (C=O) groups excluding carboxylic acids is 1. The number of carbonyl (C=O) groups is 1. The van der Waals surface area contributed by atoms with Crippen LogP contribution >= 0.6 is 23.6 Å². The molecule has 0 aliphatic rings. The highest BCUT2D eigenvalue weighted by atomic mass is 32.1. The van der Waals surface area contributed by atoms with Crippen LogP contribution in [0.15, 0.2) is 66.0 Å². The van der Waals surface area contributed by atoms with Crippen LogP contribution in [0.2, 0.25) is 0 Å². The average Bonchev–Trinajstić information content (AvgIpc) is 3.27. The number of anilines is 1. The number of nitrogens with one attached hydrogen (secondary N) is 1. The van der Waals surface area contributed by atoms with Gasteiger partial charge in [0.25, 0.3) is 0 Å². The van der Waals surface area contributed by atoms with Crippen molar-refractivity contribution in [1.82, 2.24) is 4.98 Å². The molecule has 0 spiro atoms. The van der Waals surface area contributed by atoms with Crippen LogP contribution in [0.25, 0.3) is 11.3 Å². The molecule has 1 amide bonds. The summed E-state index contributed by atoms with van der Waals surface area (Å²) in [7, 11) is 0. The van der Waals surface area contributed by atoms with Gasteiger partial charge in [0.15, 0.2) is 10.2 Å². The van der Waals surface area contributed by atoms with Gasteiger partial charge in [-0.15, -0.1) is 11.3 Å². The highest BCUT2D eigenvalue weighted by Crippen LogP contribution is 2.26. The largest absolute Gasteiger partial charge is 0.486 e. The summed E-state index contributed by atoms with van der Waals surface area (Å²) in [4.78, 5) is 16.7. The van der Waals surface area contributed by atoms with Gasteiger partial charge in [0.05, 0.1) is 12.3 Å².